The zero-order valence-corrected chi connectivity index (χ0v) is 9.33. The number of rotatable bonds is 1. The third kappa shape index (κ3) is 1.49. The van der Waals surface area contributed by atoms with Gasteiger partial charge in [0.25, 0.3) is 0 Å². The van der Waals surface area contributed by atoms with Gasteiger partial charge in [0.2, 0.25) is 0 Å². The molecule has 0 bridgehead atoms. The molecule has 3 heteroatoms. The van der Waals surface area contributed by atoms with Crippen molar-refractivity contribution in [3.05, 3.63) is 11.8 Å². The maximum Gasteiger partial charge on any atom is 0.157 e. The molecule has 3 nitrogen and oxygen atoms in total. The van der Waals surface area contributed by atoms with E-state index in [1.165, 1.54) is 31.8 Å². The number of likely N-dealkylation sites (tertiary alicyclic amines) is 2. The van der Waals surface area contributed by atoms with Crippen LogP contribution >= 0.6 is 0 Å². The first-order valence-electron chi connectivity index (χ1n) is 5.84. The Bertz CT molecular complexity index is 329. The molecule has 2 fully saturated rings. The Labute approximate surface area is 90.7 Å². The Kier molecular flexibility index (Phi) is 1.93. The van der Waals surface area contributed by atoms with Crippen LogP contribution in [0.25, 0.3) is 0 Å². The minimum absolute atomic E-state index is 0.316. The zero-order valence-electron chi connectivity index (χ0n) is 9.33. The van der Waals surface area contributed by atoms with E-state index < -0.39 is 0 Å². The first-order chi connectivity index (χ1) is 7.17. The number of carbonyl (C=O) groups is 1. The predicted molar refractivity (Wildman–Crippen MR) is 58.4 cm³/mol. The Morgan fingerprint density at radius 1 is 1.27 bits per heavy atom. The van der Waals surface area contributed by atoms with Gasteiger partial charge in [-0.1, -0.05) is 0 Å². The molecule has 0 amide bonds. The first-order valence-corrected chi connectivity index (χ1v) is 5.84. The van der Waals surface area contributed by atoms with Gasteiger partial charge in [0.15, 0.2) is 5.78 Å². The van der Waals surface area contributed by atoms with Crippen LogP contribution in [0.3, 0.4) is 0 Å². The van der Waals surface area contributed by atoms with Crippen molar-refractivity contribution in [2.45, 2.75) is 19.3 Å². The Morgan fingerprint density at radius 2 is 2.07 bits per heavy atom. The van der Waals surface area contributed by atoms with Crippen molar-refractivity contribution in [1.82, 2.24) is 9.80 Å². The lowest BCUT2D eigenvalue weighted by Crippen LogP contribution is -2.55. The number of hydrogen-bond donors (Lipinski definition) is 0. The molecular formula is C12H18N2O. The van der Waals surface area contributed by atoms with Crippen LogP contribution in [0.2, 0.25) is 0 Å². The topological polar surface area (TPSA) is 23.6 Å². The summed E-state index contributed by atoms with van der Waals surface area (Å²) >= 11 is 0. The monoisotopic (exact) mass is 206 g/mol. The average molecular weight is 206 g/mol. The molecule has 0 radical (unpaired) electrons. The molecule has 2 heterocycles. The third-order valence-corrected chi connectivity index (χ3v) is 4.01. The van der Waals surface area contributed by atoms with Crippen LogP contribution in [0, 0.1) is 5.41 Å². The minimum Gasteiger partial charge on any atom is -0.374 e. The van der Waals surface area contributed by atoms with Crippen LogP contribution in [-0.2, 0) is 4.79 Å². The van der Waals surface area contributed by atoms with Crippen LogP contribution in [0.15, 0.2) is 11.8 Å². The fourth-order valence-electron chi connectivity index (χ4n) is 3.37. The predicted octanol–water partition coefficient (Wildman–Crippen LogP) is 0.871. The fraction of sp³-hybridized carbons (Fsp3) is 0.750. The van der Waals surface area contributed by atoms with Crippen LogP contribution in [0.1, 0.15) is 19.3 Å². The molecule has 0 aromatic rings. The third-order valence-electron chi connectivity index (χ3n) is 4.01. The molecule has 3 aliphatic rings. The summed E-state index contributed by atoms with van der Waals surface area (Å²) in [6, 6.07) is 0. The SMILES string of the molecule is CN1CC2(CCN(C3=CC(=O)CC3)C2)C1. The highest BCUT2D eigenvalue weighted by Gasteiger charge is 2.46. The summed E-state index contributed by atoms with van der Waals surface area (Å²) in [6.07, 6.45) is 4.88. The Morgan fingerprint density at radius 3 is 2.67 bits per heavy atom. The first kappa shape index (κ1) is 9.40. The lowest BCUT2D eigenvalue weighted by Gasteiger charge is -2.46. The van der Waals surface area contributed by atoms with Crippen LogP contribution in [0.5, 0.6) is 0 Å². The summed E-state index contributed by atoms with van der Waals surface area (Å²) in [5, 5.41) is 0. The Balaban J connectivity index is 1.67. The van der Waals surface area contributed by atoms with Crippen molar-refractivity contribution in [3.63, 3.8) is 0 Å². The number of ketones is 1. The molecular weight excluding hydrogens is 188 g/mol. The molecule has 3 rings (SSSR count). The molecule has 0 saturated carbocycles. The smallest absolute Gasteiger partial charge is 0.157 e. The maximum atomic E-state index is 11.2. The summed E-state index contributed by atoms with van der Waals surface area (Å²) < 4.78 is 0. The van der Waals surface area contributed by atoms with E-state index in [4.69, 9.17) is 0 Å². The van der Waals surface area contributed by atoms with Gasteiger partial charge in [0.05, 0.1) is 0 Å². The van der Waals surface area contributed by atoms with Crippen LogP contribution in [0.4, 0.5) is 0 Å². The number of nitrogens with zero attached hydrogens (tertiary/aromatic N) is 2. The maximum absolute atomic E-state index is 11.2. The van der Waals surface area contributed by atoms with Gasteiger partial charge in [-0.2, -0.15) is 0 Å². The standard InChI is InChI=1S/C12H18N2O/c1-13-7-12(8-13)4-5-14(9-12)10-2-3-11(15)6-10/h6H,2-5,7-9H2,1H3. The molecule has 2 aliphatic heterocycles. The Hall–Kier alpha value is -0.830. The summed E-state index contributed by atoms with van der Waals surface area (Å²) in [5.74, 6) is 0.316. The van der Waals surface area contributed by atoms with Crippen LogP contribution < -0.4 is 0 Å². The second-order valence-electron chi connectivity index (χ2n) is 5.45. The van der Waals surface area contributed by atoms with E-state index in [-0.39, 0.29) is 0 Å². The molecule has 82 valence electrons. The molecule has 0 aromatic heterocycles. The molecule has 1 aliphatic carbocycles. The molecule has 0 N–H and O–H groups in total. The minimum atomic E-state index is 0.316. The van der Waals surface area contributed by atoms with Crippen molar-refractivity contribution in [3.8, 4) is 0 Å². The van der Waals surface area contributed by atoms with E-state index >= 15 is 0 Å². The molecule has 0 aromatic carbocycles. The van der Waals surface area contributed by atoms with E-state index in [1.807, 2.05) is 6.08 Å². The summed E-state index contributed by atoms with van der Waals surface area (Å²) in [7, 11) is 2.19. The normalized spacial score (nSPS) is 29.8. The summed E-state index contributed by atoms with van der Waals surface area (Å²) in [5.41, 5.74) is 1.85. The lowest BCUT2D eigenvalue weighted by atomic mass is 9.79. The van der Waals surface area contributed by atoms with Crippen molar-refractivity contribution in [2.75, 3.05) is 33.2 Å². The van der Waals surface area contributed by atoms with Crippen molar-refractivity contribution >= 4 is 5.78 Å². The summed E-state index contributed by atoms with van der Waals surface area (Å²) in [4.78, 5) is 16.0. The second kappa shape index (κ2) is 3.08. The number of hydrogen-bond acceptors (Lipinski definition) is 3. The molecule has 0 unspecified atom stereocenters. The molecule has 2 saturated heterocycles. The summed E-state index contributed by atoms with van der Waals surface area (Å²) in [6.45, 7) is 4.82. The van der Waals surface area contributed by atoms with Gasteiger partial charge in [-0.3, -0.25) is 4.79 Å². The molecule has 15 heavy (non-hydrogen) atoms. The van der Waals surface area contributed by atoms with E-state index in [1.54, 1.807) is 0 Å². The van der Waals surface area contributed by atoms with Gasteiger partial charge in [0, 0.05) is 49.8 Å². The van der Waals surface area contributed by atoms with E-state index in [9.17, 15) is 4.79 Å². The highest BCUT2D eigenvalue weighted by Crippen LogP contribution is 2.40. The second-order valence-corrected chi connectivity index (χ2v) is 5.45. The fourth-order valence-corrected chi connectivity index (χ4v) is 3.37. The van der Waals surface area contributed by atoms with Gasteiger partial charge in [-0.15, -0.1) is 0 Å². The van der Waals surface area contributed by atoms with Gasteiger partial charge in [-0.25, -0.2) is 0 Å². The molecule has 0 atom stereocenters. The van der Waals surface area contributed by atoms with Crippen LogP contribution in [-0.4, -0.2) is 48.8 Å². The number of carbonyl (C=O) groups excluding carboxylic acids is 1. The van der Waals surface area contributed by atoms with Gasteiger partial charge < -0.3 is 9.80 Å². The zero-order chi connectivity index (χ0) is 10.5. The molecule has 1 spiro atoms. The largest absolute Gasteiger partial charge is 0.374 e. The van der Waals surface area contributed by atoms with Gasteiger partial charge >= 0.3 is 0 Å². The average Bonchev–Trinajstić information content (AvgIpc) is 2.71. The lowest BCUT2D eigenvalue weighted by molar-refractivity contribution is -0.114. The van der Waals surface area contributed by atoms with E-state index in [2.05, 4.69) is 16.8 Å². The highest BCUT2D eigenvalue weighted by molar-refractivity contribution is 5.92. The van der Waals surface area contributed by atoms with E-state index in [0.717, 1.165) is 19.4 Å². The number of allylic oxidation sites excluding steroid dienone is 2. The van der Waals surface area contributed by atoms with Gasteiger partial charge in [0.1, 0.15) is 0 Å². The quantitative estimate of drug-likeness (QED) is 0.636. The van der Waals surface area contributed by atoms with Crippen molar-refractivity contribution in [2.24, 2.45) is 5.41 Å². The highest BCUT2D eigenvalue weighted by atomic mass is 16.1. The van der Waals surface area contributed by atoms with Crippen molar-refractivity contribution < 1.29 is 4.79 Å². The van der Waals surface area contributed by atoms with E-state index in [0.29, 0.717) is 11.2 Å². The van der Waals surface area contributed by atoms with Crippen molar-refractivity contribution in [1.29, 1.82) is 0 Å². The van der Waals surface area contributed by atoms with Gasteiger partial charge in [-0.05, 0) is 19.9 Å².